The van der Waals surface area contributed by atoms with Crippen LogP contribution in [0.2, 0.25) is 0 Å². The fourth-order valence-electron chi connectivity index (χ4n) is 2.07. The lowest BCUT2D eigenvalue weighted by Crippen LogP contribution is -2.13. The van der Waals surface area contributed by atoms with E-state index in [-0.39, 0.29) is 0 Å². The first-order chi connectivity index (χ1) is 9.10. The third-order valence-corrected chi connectivity index (χ3v) is 2.99. The number of rotatable bonds is 4. The summed E-state index contributed by atoms with van der Waals surface area (Å²) in [5.41, 5.74) is 4.58. The van der Waals surface area contributed by atoms with Crippen LogP contribution in [0.25, 0.3) is 0 Å². The van der Waals surface area contributed by atoms with Gasteiger partial charge in [-0.3, -0.25) is 4.98 Å². The molecule has 0 aliphatic rings. The van der Waals surface area contributed by atoms with Crippen molar-refractivity contribution in [1.29, 1.82) is 0 Å². The van der Waals surface area contributed by atoms with Gasteiger partial charge in [-0.05, 0) is 44.2 Å². The monoisotopic (exact) mass is 256 g/mol. The molecule has 0 saturated carbocycles. The normalized spacial score (nSPS) is 10.5. The van der Waals surface area contributed by atoms with Crippen LogP contribution in [0.4, 0.5) is 11.5 Å². The van der Waals surface area contributed by atoms with E-state index in [0.29, 0.717) is 0 Å². The first-order valence-corrected chi connectivity index (χ1v) is 6.37. The first kappa shape index (κ1) is 13.5. The number of aromatic nitrogens is 2. The zero-order chi connectivity index (χ0) is 13.8. The molecule has 1 N–H and O–H groups in total. The van der Waals surface area contributed by atoms with Gasteiger partial charge >= 0.3 is 0 Å². The van der Waals surface area contributed by atoms with Crippen LogP contribution in [0.1, 0.15) is 16.8 Å². The molecule has 4 heteroatoms. The fourth-order valence-corrected chi connectivity index (χ4v) is 2.07. The van der Waals surface area contributed by atoms with Crippen molar-refractivity contribution in [3.05, 3.63) is 47.4 Å². The van der Waals surface area contributed by atoms with Crippen molar-refractivity contribution in [1.82, 2.24) is 15.3 Å². The molecule has 19 heavy (non-hydrogen) atoms. The van der Waals surface area contributed by atoms with Crippen LogP contribution in [-0.2, 0) is 6.54 Å². The summed E-state index contributed by atoms with van der Waals surface area (Å²) in [6.45, 7) is 4.94. The highest BCUT2D eigenvalue weighted by atomic mass is 15.2. The van der Waals surface area contributed by atoms with Gasteiger partial charge in [-0.25, -0.2) is 4.98 Å². The highest BCUT2D eigenvalue weighted by Gasteiger charge is 2.07. The molecule has 0 saturated heterocycles. The molecule has 0 spiro atoms. The van der Waals surface area contributed by atoms with E-state index in [9.17, 15) is 0 Å². The van der Waals surface area contributed by atoms with Crippen molar-refractivity contribution >= 4 is 11.5 Å². The van der Waals surface area contributed by atoms with Gasteiger partial charge in [-0.15, -0.1) is 0 Å². The van der Waals surface area contributed by atoms with Crippen molar-refractivity contribution in [2.24, 2.45) is 0 Å². The van der Waals surface area contributed by atoms with Gasteiger partial charge in [0.25, 0.3) is 0 Å². The van der Waals surface area contributed by atoms with Crippen LogP contribution in [0.15, 0.2) is 30.6 Å². The number of anilines is 2. The lowest BCUT2D eigenvalue weighted by Gasteiger charge is -2.19. The highest BCUT2D eigenvalue weighted by molar-refractivity contribution is 5.60. The predicted octanol–water partition coefficient (Wildman–Crippen LogP) is 2.58. The molecule has 2 rings (SSSR count). The van der Waals surface area contributed by atoms with Crippen LogP contribution in [0, 0.1) is 13.8 Å². The summed E-state index contributed by atoms with van der Waals surface area (Å²) in [4.78, 5) is 10.9. The first-order valence-electron chi connectivity index (χ1n) is 6.37. The van der Waals surface area contributed by atoms with Gasteiger partial charge in [0.15, 0.2) is 5.82 Å². The fraction of sp³-hybridized carbons (Fsp3) is 0.333. The quantitative estimate of drug-likeness (QED) is 0.913. The number of hydrogen-bond acceptors (Lipinski definition) is 4. The number of nitrogens with zero attached hydrogens (tertiary/aromatic N) is 3. The van der Waals surface area contributed by atoms with Gasteiger partial charge < -0.3 is 10.2 Å². The summed E-state index contributed by atoms with van der Waals surface area (Å²) in [5, 5.41) is 3.06. The molecule has 0 atom stereocenters. The predicted molar refractivity (Wildman–Crippen MR) is 78.8 cm³/mol. The number of benzene rings is 1. The lowest BCUT2D eigenvalue weighted by molar-refractivity contribution is 0.783. The second-order valence-electron chi connectivity index (χ2n) is 4.80. The highest BCUT2D eigenvalue weighted by Crippen LogP contribution is 2.23. The molecule has 0 fully saturated rings. The molecule has 0 amide bonds. The Balaban J connectivity index is 2.25. The van der Waals surface area contributed by atoms with Crippen LogP contribution < -0.4 is 10.2 Å². The average Bonchev–Trinajstić information content (AvgIpc) is 2.38. The zero-order valence-corrected chi connectivity index (χ0v) is 11.9. The molecule has 2 aromatic rings. The topological polar surface area (TPSA) is 41.1 Å². The molecule has 0 aliphatic carbocycles. The van der Waals surface area contributed by atoms with E-state index in [2.05, 4.69) is 52.2 Å². The van der Waals surface area contributed by atoms with Crippen LogP contribution in [0.3, 0.4) is 0 Å². The molecular formula is C15H20N4. The Bertz CT molecular complexity index is 528. The van der Waals surface area contributed by atoms with Gasteiger partial charge in [-0.1, -0.05) is 6.07 Å². The Kier molecular flexibility index (Phi) is 4.12. The smallest absolute Gasteiger partial charge is 0.151 e. The average molecular weight is 256 g/mol. The maximum Gasteiger partial charge on any atom is 0.151 e. The van der Waals surface area contributed by atoms with Crippen LogP contribution in [0.5, 0.6) is 0 Å². The Morgan fingerprint density at radius 3 is 2.26 bits per heavy atom. The third kappa shape index (κ3) is 3.29. The number of aryl methyl sites for hydroxylation is 2. The summed E-state index contributed by atoms with van der Waals surface area (Å²) >= 11 is 0. The molecule has 0 unspecified atom stereocenters. The zero-order valence-electron chi connectivity index (χ0n) is 11.9. The largest absolute Gasteiger partial charge is 0.328 e. The summed E-state index contributed by atoms with van der Waals surface area (Å²) in [6, 6.07) is 6.46. The van der Waals surface area contributed by atoms with E-state index in [1.807, 2.05) is 26.5 Å². The van der Waals surface area contributed by atoms with Gasteiger partial charge in [0.05, 0.1) is 18.1 Å². The Labute approximate surface area is 114 Å². The summed E-state index contributed by atoms with van der Waals surface area (Å²) in [5.74, 6) is 0.852. The molecule has 1 aromatic heterocycles. The maximum atomic E-state index is 4.46. The lowest BCUT2D eigenvalue weighted by atomic mass is 10.1. The van der Waals surface area contributed by atoms with Crippen LogP contribution in [-0.4, -0.2) is 24.1 Å². The van der Waals surface area contributed by atoms with Crippen molar-refractivity contribution in [3.63, 3.8) is 0 Å². The van der Waals surface area contributed by atoms with E-state index < -0.39 is 0 Å². The minimum absolute atomic E-state index is 0.737. The molecule has 0 bridgehead atoms. The van der Waals surface area contributed by atoms with E-state index in [0.717, 1.165) is 23.7 Å². The maximum absolute atomic E-state index is 4.46. The summed E-state index contributed by atoms with van der Waals surface area (Å²) < 4.78 is 0. The molecule has 1 aromatic carbocycles. The second-order valence-corrected chi connectivity index (χ2v) is 4.80. The Morgan fingerprint density at radius 2 is 1.74 bits per heavy atom. The van der Waals surface area contributed by atoms with Gasteiger partial charge in [-0.2, -0.15) is 0 Å². The minimum Gasteiger partial charge on any atom is -0.328 e. The summed E-state index contributed by atoms with van der Waals surface area (Å²) in [7, 11) is 3.91. The Hall–Kier alpha value is -1.94. The van der Waals surface area contributed by atoms with E-state index in [1.54, 1.807) is 0 Å². The van der Waals surface area contributed by atoms with Crippen LogP contribution >= 0.6 is 0 Å². The second kappa shape index (κ2) is 5.80. The standard InChI is InChI=1S/C15H20N4/c1-11-5-12(2)7-14(6-11)19(4)15-10-17-13(8-16-3)9-18-15/h5-7,9-10,16H,8H2,1-4H3. The molecule has 1 heterocycles. The summed E-state index contributed by atoms with van der Waals surface area (Å²) in [6.07, 6.45) is 3.62. The Morgan fingerprint density at radius 1 is 1.05 bits per heavy atom. The van der Waals surface area contributed by atoms with Crippen molar-refractivity contribution in [2.45, 2.75) is 20.4 Å². The van der Waals surface area contributed by atoms with E-state index >= 15 is 0 Å². The van der Waals surface area contributed by atoms with Gasteiger partial charge in [0, 0.05) is 19.3 Å². The molecular weight excluding hydrogens is 236 g/mol. The number of hydrogen-bond donors (Lipinski definition) is 1. The van der Waals surface area contributed by atoms with Gasteiger partial charge in [0.2, 0.25) is 0 Å². The van der Waals surface area contributed by atoms with Crippen molar-refractivity contribution < 1.29 is 0 Å². The minimum atomic E-state index is 0.737. The van der Waals surface area contributed by atoms with Crippen molar-refractivity contribution in [2.75, 3.05) is 19.0 Å². The molecule has 4 nitrogen and oxygen atoms in total. The van der Waals surface area contributed by atoms with Crippen molar-refractivity contribution in [3.8, 4) is 0 Å². The third-order valence-electron chi connectivity index (χ3n) is 2.99. The number of nitrogens with one attached hydrogen (secondary N) is 1. The SMILES string of the molecule is CNCc1cnc(N(C)c2cc(C)cc(C)c2)cn1. The van der Waals surface area contributed by atoms with E-state index in [4.69, 9.17) is 0 Å². The molecule has 0 aliphatic heterocycles. The van der Waals surface area contributed by atoms with Gasteiger partial charge in [0.1, 0.15) is 0 Å². The molecule has 0 radical (unpaired) electrons. The molecule has 100 valence electrons. The van der Waals surface area contributed by atoms with E-state index in [1.165, 1.54) is 11.1 Å².